The van der Waals surface area contributed by atoms with Gasteiger partial charge in [0.25, 0.3) is 0 Å². The molecule has 0 bridgehead atoms. The molecule has 190 valence electrons. The molecule has 0 aromatic carbocycles. The Morgan fingerprint density at radius 3 is 0.871 bits per heavy atom. The van der Waals surface area contributed by atoms with Crippen molar-refractivity contribution in [3.05, 3.63) is 0 Å². The van der Waals surface area contributed by atoms with E-state index >= 15 is 0 Å². The molecule has 0 aromatic heterocycles. The molecule has 0 atom stereocenters. The number of hydrogen-bond donors (Lipinski definition) is 0. The quantitative estimate of drug-likeness (QED) is 0.115. The van der Waals surface area contributed by atoms with E-state index in [1.165, 1.54) is 153 Å². The van der Waals surface area contributed by atoms with Crippen LogP contribution in [0.3, 0.4) is 0 Å². The fraction of sp³-hybridized carbons (Fsp3) is 1.00. The van der Waals surface area contributed by atoms with Gasteiger partial charge in [0.1, 0.15) is 0 Å². The SMILES string of the molecule is CCCCCCCC[N+](CCC)(CCCCCCCC)CCCCCCCC.CC[O-]. The normalized spacial score (nSPS) is 11.4. The van der Waals surface area contributed by atoms with E-state index in [2.05, 4.69) is 27.7 Å². The van der Waals surface area contributed by atoms with Crippen molar-refractivity contribution in [1.29, 1.82) is 0 Å². The molecule has 0 radical (unpaired) electrons. The molecule has 0 N–H and O–H groups in total. The molecule has 0 aliphatic carbocycles. The van der Waals surface area contributed by atoms with Crippen molar-refractivity contribution in [1.82, 2.24) is 0 Å². The molecule has 0 unspecified atom stereocenters. The Hall–Kier alpha value is -0.0800. The van der Waals surface area contributed by atoms with Crippen LogP contribution in [0.1, 0.15) is 157 Å². The van der Waals surface area contributed by atoms with Crippen molar-refractivity contribution >= 4 is 0 Å². The first-order valence-electron chi connectivity index (χ1n) is 14.6. The Balaban J connectivity index is 0. The predicted octanol–water partition coefficient (Wildman–Crippen LogP) is 8.66. The molecule has 0 spiro atoms. The molecule has 0 rings (SSSR count). The molecule has 0 fully saturated rings. The lowest BCUT2D eigenvalue weighted by Gasteiger charge is -2.39. The number of nitrogens with zero attached hydrogens (tertiary/aromatic N) is 1. The van der Waals surface area contributed by atoms with Crippen LogP contribution in [0.2, 0.25) is 0 Å². The number of rotatable bonds is 23. The Morgan fingerprint density at radius 1 is 0.355 bits per heavy atom. The summed E-state index contributed by atoms with van der Waals surface area (Å²) in [6.45, 7) is 16.8. The van der Waals surface area contributed by atoms with Gasteiger partial charge in [-0.2, -0.15) is 0 Å². The van der Waals surface area contributed by atoms with E-state index in [0.29, 0.717) is 0 Å². The zero-order valence-electron chi connectivity index (χ0n) is 22.8. The second kappa shape index (κ2) is 28.0. The lowest BCUT2D eigenvalue weighted by atomic mass is 10.1. The largest absolute Gasteiger partial charge is 0.855 e. The summed E-state index contributed by atoms with van der Waals surface area (Å²) in [4.78, 5) is 0. The third-order valence-electron chi connectivity index (χ3n) is 6.66. The lowest BCUT2D eigenvalue weighted by molar-refractivity contribution is -0.929. The van der Waals surface area contributed by atoms with Crippen LogP contribution < -0.4 is 5.11 Å². The van der Waals surface area contributed by atoms with Crippen molar-refractivity contribution in [3.63, 3.8) is 0 Å². The van der Waals surface area contributed by atoms with Gasteiger partial charge in [-0.3, -0.25) is 0 Å². The Bertz CT molecular complexity index is 264. The van der Waals surface area contributed by atoms with E-state index in [0.717, 1.165) is 0 Å². The van der Waals surface area contributed by atoms with E-state index in [9.17, 15) is 0 Å². The zero-order valence-corrected chi connectivity index (χ0v) is 22.8. The fourth-order valence-corrected chi connectivity index (χ4v) is 4.83. The van der Waals surface area contributed by atoms with Crippen LogP contribution in [0.5, 0.6) is 0 Å². The average molecular weight is 442 g/mol. The van der Waals surface area contributed by atoms with Crippen LogP contribution in [-0.4, -0.2) is 37.3 Å². The number of unbranched alkanes of at least 4 members (excludes halogenated alkanes) is 15. The summed E-state index contributed by atoms with van der Waals surface area (Å²) in [6, 6.07) is 0. The summed E-state index contributed by atoms with van der Waals surface area (Å²) >= 11 is 0. The summed E-state index contributed by atoms with van der Waals surface area (Å²) in [5.74, 6) is 0. The highest BCUT2D eigenvalue weighted by molar-refractivity contribution is 4.53. The first-order valence-corrected chi connectivity index (χ1v) is 14.6. The highest BCUT2D eigenvalue weighted by Gasteiger charge is 2.25. The van der Waals surface area contributed by atoms with Crippen LogP contribution in [0, 0.1) is 0 Å². The predicted molar refractivity (Wildman–Crippen MR) is 141 cm³/mol. The zero-order chi connectivity index (χ0) is 23.5. The van der Waals surface area contributed by atoms with Crippen LogP contribution in [-0.2, 0) is 0 Å². The Labute approximate surface area is 199 Å². The molecular weight excluding hydrogens is 378 g/mol. The van der Waals surface area contributed by atoms with Gasteiger partial charge in [0.2, 0.25) is 0 Å². The monoisotopic (exact) mass is 441 g/mol. The third-order valence-corrected chi connectivity index (χ3v) is 6.66. The molecule has 31 heavy (non-hydrogen) atoms. The summed E-state index contributed by atoms with van der Waals surface area (Å²) in [7, 11) is 0. The van der Waals surface area contributed by atoms with Crippen molar-refractivity contribution in [2.75, 3.05) is 32.8 Å². The van der Waals surface area contributed by atoms with Crippen molar-refractivity contribution in [2.45, 2.75) is 157 Å². The molecule has 2 heteroatoms. The molecule has 0 aliphatic heterocycles. The first kappa shape index (κ1) is 33.1. The second-order valence-corrected chi connectivity index (χ2v) is 9.83. The molecule has 0 aliphatic rings. The topological polar surface area (TPSA) is 23.1 Å². The van der Waals surface area contributed by atoms with Gasteiger partial charge in [-0.1, -0.05) is 112 Å². The van der Waals surface area contributed by atoms with Crippen LogP contribution in [0.15, 0.2) is 0 Å². The fourth-order valence-electron chi connectivity index (χ4n) is 4.83. The van der Waals surface area contributed by atoms with E-state index in [1.807, 2.05) is 0 Å². The van der Waals surface area contributed by atoms with E-state index in [1.54, 1.807) is 6.92 Å². The maximum Gasteiger partial charge on any atom is 0.0786 e. The highest BCUT2D eigenvalue weighted by atomic mass is 16.2. The standard InChI is InChI=1S/C27H58N.C2H5O/c1-5-9-12-15-18-21-25-28(24-8-4,26-22-19-16-13-10-6-2)27-23-20-17-14-11-7-3;1-2-3/h5-27H2,1-4H3;2H2,1H3/q+1;-1. The minimum absolute atomic E-state index is 0. The Kier molecular flexibility index (Phi) is 29.8. The molecular formula is C29H63NO. The third kappa shape index (κ3) is 24.4. The molecule has 0 aromatic rings. The highest BCUT2D eigenvalue weighted by Crippen LogP contribution is 2.19. The van der Waals surface area contributed by atoms with E-state index < -0.39 is 0 Å². The van der Waals surface area contributed by atoms with Gasteiger partial charge in [0, 0.05) is 0 Å². The first-order chi connectivity index (χ1) is 15.2. The van der Waals surface area contributed by atoms with Gasteiger partial charge in [-0.25, -0.2) is 0 Å². The van der Waals surface area contributed by atoms with Crippen LogP contribution in [0.4, 0.5) is 0 Å². The maximum absolute atomic E-state index is 8.93. The summed E-state index contributed by atoms with van der Waals surface area (Å²) in [5, 5.41) is 8.93. The minimum Gasteiger partial charge on any atom is -0.855 e. The maximum atomic E-state index is 8.93. The van der Waals surface area contributed by atoms with Gasteiger partial charge in [-0.15, -0.1) is 6.61 Å². The molecule has 2 nitrogen and oxygen atoms in total. The lowest BCUT2D eigenvalue weighted by Crippen LogP contribution is -2.50. The van der Waals surface area contributed by atoms with Gasteiger partial charge in [-0.05, 0) is 44.9 Å². The van der Waals surface area contributed by atoms with Crippen molar-refractivity contribution in [2.24, 2.45) is 0 Å². The number of hydrogen-bond acceptors (Lipinski definition) is 1. The van der Waals surface area contributed by atoms with E-state index in [4.69, 9.17) is 5.11 Å². The molecule has 0 saturated carbocycles. The van der Waals surface area contributed by atoms with Crippen LogP contribution in [0.25, 0.3) is 0 Å². The average Bonchev–Trinajstić information content (AvgIpc) is 2.76. The Morgan fingerprint density at radius 2 is 0.613 bits per heavy atom. The van der Waals surface area contributed by atoms with Crippen molar-refractivity contribution < 1.29 is 9.59 Å². The number of quaternary nitrogens is 1. The summed E-state index contributed by atoms with van der Waals surface area (Å²) < 4.78 is 1.45. The molecule has 0 saturated heterocycles. The van der Waals surface area contributed by atoms with Gasteiger partial charge >= 0.3 is 0 Å². The van der Waals surface area contributed by atoms with Gasteiger partial charge < -0.3 is 9.59 Å². The molecule has 0 heterocycles. The van der Waals surface area contributed by atoms with Gasteiger partial charge in [0.15, 0.2) is 0 Å². The van der Waals surface area contributed by atoms with E-state index in [-0.39, 0.29) is 6.61 Å². The van der Waals surface area contributed by atoms with Gasteiger partial charge in [0.05, 0.1) is 26.2 Å². The summed E-state index contributed by atoms with van der Waals surface area (Å²) in [6.07, 6.45) is 27.3. The summed E-state index contributed by atoms with van der Waals surface area (Å²) in [5.41, 5.74) is 0. The minimum atomic E-state index is 0. The second-order valence-electron chi connectivity index (χ2n) is 9.83. The van der Waals surface area contributed by atoms with Crippen molar-refractivity contribution in [3.8, 4) is 0 Å². The smallest absolute Gasteiger partial charge is 0.0786 e. The van der Waals surface area contributed by atoms with Crippen LogP contribution >= 0.6 is 0 Å². The molecule has 0 amide bonds.